The molecule has 0 unspecified atom stereocenters. The van der Waals surface area contributed by atoms with Crippen LogP contribution in [0.3, 0.4) is 0 Å². The summed E-state index contributed by atoms with van der Waals surface area (Å²) in [6, 6.07) is 21.5. The van der Waals surface area contributed by atoms with Gasteiger partial charge in [-0.1, -0.05) is 71.0 Å². The van der Waals surface area contributed by atoms with Crippen LogP contribution in [0, 0.1) is 0 Å². The number of hydrogen-bond donors (Lipinski definition) is 0. The quantitative estimate of drug-likeness (QED) is 0.347. The molecule has 0 bridgehead atoms. The molecule has 29 heavy (non-hydrogen) atoms. The zero-order chi connectivity index (χ0) is 20.6. The van der Waals surface area contributed by atoms with E-state index in [0.29, 0.717) is 5.92 Å². The van der Waals surface area contributed by atoms with E-state index in [-0.39, 0.29) is 5.41 Å². The van der Waals surface area contributed by atoms with E-state index in [1.807, 2.05) is 0 Å². The van der Waals surface area contributed by atoms with Crippen molar-refractivity contribution in [2.75, 3.05) is 0 Å². The van der Waals surface area contributed by atoms with Crippen molar-refractivity contribution in [1.82, 2.24) is 9.97 Å². The fourth-order valence-corrected chi connectivity index (χ4v) is 3.44. The molecule has 0 aliphatic rings. The summed E-state index contributed by atoms with van der Waals surface area (Å²) in [5.41, 5.74) is 6.79. The third-order valence-corrected chi connectivity index (χ3v) is 5.28. The molecule has 0 saturated carbocycles. The normalized spacial score (nSPS) is 12.5. The van der Waals surface area contributed by atoms with Gasteiger partial charge in [0.15, 0.2) is 0 Å². The third-order valence-electron chi connectivity index (χ3n) is 5.28. The van der Waals surface area contributed by atoms with Crippen LogP contribution in [0.4, 0.5) is 0 Å². The van der Waals surface area contributed by atoms with Crippen LogP contribution in [0.1, 0.15) is 63.1 Å². The molecular formula is C27H28N2. The SMILES string of the molecule is CC(C)c1ccc2cc(/C=C/c3ccc4nc(C(C)(C)C)ccc4c3)ccc2n1. The van der Waals surface area contributed by atoms with Gasteiger partial charge < -0.3 is 0 Å². The third kappa shape index (κ3) is 4.22. The molecule has 0 N–H and O–H groups in total. The van der Waals surface area contributed by atoms with Crippen molar-refractivity contribution in [3.8, 4) is 0 Å². The Hall–Kier alpha value is -3.00. The van der Waals surface area contributed by atoms with E-state index in [1.165, 1.54) is 21.9 Å². The number of rotatable bonds is 3. The Kier molecular flexibility index (Phi) is 4.96. The van der Waals surface area contributed by atoms with E-state index in [1.54, 1.807) is 0 Å². The van der Waals surface area contributed by atoms with Crippen LogP contribution in [0.15, 0.2) is 60.7 Å². The number of nitrogens with zero attached hydrogens (tertiary/aromatic N) is 2. The molecule has 146 valence electrons. The van der Waals surface area contributed by atoms with E-state index in [2.05, 4.69) is 107 Å². The molecule has 0 aliphatic heterocycles. The topological polar surface area (TPSA) is 25.8 Å². The Morgan fingerprint density at radius 3 is 1.79 bits per heavy atom. The van der Waals surface area contributed by atoms with Gasteiger partial charge in [0, 0.05) is 27.6 Å². The minimum absolute atomic E-state index is 0.0631. The highest BCUT2D eigenvalue weighted by Gasteiger charge is 2.15. The summed E-state index contributed by atoms with van der Waals surface area (Å²) in [7, 11) is 0. The first-order chi connectivity index (χ1) is 13.8. The van der Waals surface area contributed by atoms with Crippen molar-refractivity contribution in [1.29, 1.82) is 0 Å². The first kappa shape index (κ1) is 19.3. The first-order valence-electron chi connectivity index (χ1n) is 10.3. The molecule has 2 heterocycles. The van der Waals surface area contributed by atoms with Crippen molar-refractivity contribution < 1.29 is 0 Å². The molecule has 0 saturated heterocycles. The second kappa shape index (κ2) is 7.44. The van der Waals surface area contributed by atoms with Gasteiger partial charge in [0.1, 0.15) is 0 Å². The Labute approximate surface area is 173 Å². The molecule has 0 aliphatic carbocycles. The molecule has 0 spiro atoms. The monoisotopic (exact) mass is 380 g/mol. The van der Waals surface area contributed by atoms with E-state index < -0.39 is 0 Å². The van der Waals surface area contributed by atoms with Gasteiger partial charge in [-0.2, -0.15) is 0 Å². The van der Waals surface area contributed by atoms with E-state index in [4.69, 9.17) is 9.97 Å². The van der Waals surface area contributed by atoms with Crippen LogP contribution in [-0.4, -0.2) is 9.97 Å². The minimum atomic E-state index is 0.0631. The minimum Gasteiger partial charge on any atom is -0.253 e. The van der Waals surface area contributed by atoms with Crippen LogP contribution in [-0.2, 0) is 5.41 Å². The Morgan fingerprint density at radius 2 is 1.24 bits per heavy atom. The molecular weight excluding hydrogens is 352 g/mol. The van der Waals surface area contributed by atoms with Gasteiger partial charge in [0.25, 0.3) is 0 Å². The van der Waals surface area contributed by atoms with Gasteiger partial charge in [-0.25, -0.2) is 0 Å². The second-order valence-electron chi connectivity index (χ2n) is 9.07. The van der Waals surface area contributed by atoms with Crippen molar-refractivity contribution >= 4 is 34.0 Å². The van der Waals surface area contributed by atoms with Gasteiger partial charge >= 0.3 is 0 Å². The molecule has 0 atom stereocenters. The number of fused-ring (bicyclic) bond motifs is 2. The average molecular weight is 381 g/mol. The maximum atomic E-state index is 4.83. The molecule has 2 nitrogen and oxygen atoms in total. The Morgan fingerprint density at radius 1 is 0.690 bits per heavy atom. The van der Waals surface area contributed by atoms with Crippen molar-refractivity contribution in [3.05, 3.63) is 83.2 Å². The van der Waals surface area contributed by atoms with E-state index >= 15 is 0 Å². The van der Waals surface area contributed by atoms with E-state index in [0.717, 1.165) is 22.4 Å². The average Bonchev–Trinajstić information content (AvgIpc) is 2.70. The van der Waals surface area contributed by atoms with Gasteiger partial charge in [0.2, 0.25) is 0 Å². The summed E-state index contributed by atoms with van der Waals surface area (Å²) in [5, 5.41) is 2.35. The standard InChI is InChI=1S/C27H28N2/c1-18(2)23-14-10-21-16-19(8-12-24(21)28-23)6-7-20-9-13-25-22(17-20)11-15-26(29-25)27(3,4)5/h6-18H,1-5H3/b7-6+. The molecule has 2 heteroatoms. The highest BCUT2D eigenvalue weighted by molar-refractivity contribution is 5.86. The Balaban J connectivity index is 1.61. The lowest BCUT2D eigenvalue weighted by atomic mass is 9.91. The second-order valence-corrected chi connectivity index (χ2v) is 9.07. The lowest BCUT2D eigenvalue weighted by Gasteiger charge is -2.18. The summed E-state index contributed by atoms with van der Waals surface area (Å²) in [5.74, 6) is 0.445. The summed E-state index contributed by atoms with van der Waals surface area (Å²) in [6.07, 6.45) is 4.32. The van der Waals surface area contributed by atoms with Crippen molar-refractivity contribution in [2.24, 2.45) is 0 Å². The molecule has 0 amide bonds. The van der Waals surface area contributed by atoms with Crippen molar-refractivity contribution in [2.45, 2.75) is 46.0 Å². The summed E-state index contributed by atoms with van der Waals surface area (Å²) in [4.78, 5) is 9.59. The number of hydrogen-bond acceptors (Lipinski definition) is 2. The number of pyridine rings is 2. The molecule has 2 aromatic heterocycles. The highest BCUT2D eigenvalue weighted by atomic mass is 14.7. The van der Waals surface area contributed by atoms with Crippen LogP contribution < -0.4 is 0 Å². The predicted octanol–water partition coefficient (Wildman–Crippen LogP) is 7.37. The summed E-state index contributed by atoms with van der Waals surface area (Å²) < 4.78 is 0. The number of benzene rings is 2. The van der Waals surface area contributed by atoms with Gasteiger partial charge in [0.05, 0.1) is 11.0 Å². The van der Waals surface area contributed by atoms with Crippen LogP contribution in [0.25, 0.3) is 34.0 Å². The van der Waals surface area contributed by atoms with Gasteiger partial charge in [-0.15, -0.1) is 0 Å². The molecule has 2 aromatic carbocycles. The lowest BCUT2D eigenvalue weighted by Crippen LogP contribution is -2.13. The van der Waals surface area contributed by atoms with Crippen LogP contribution in [0.2, 0.25) is 0 Å². The zero-order valence-corrected chi connectivity index (χ0v) is 17.9. The van der Waals surface area contributed by atoms with Crippen molar-refractivity contribution in [3.63, 3.8) is 0 Å². The maximum absolute atomic E-state index is 4.83. The largest absolute Gasteiger partial charge is 0.253 e. The molecule has 0 fully saturated rings. The Bertz CT molecular complexity index is 1210. The maximum Gasteiger partial charge on any atom is 0.0705 e. The van der Waals surface area contributed by atoms with Crippen LogP contribution >= 0.6 is 0 Å². The summed E-state index contributed by atoms with van der Waals surface area (Å²) >= 11 is 0. The zero-order valence-electron chi connectivity index (χ0n) is 17.9. The number of aromatic nitrogens is 2. The fraction of sp³-hybridized carbons (Fsp3) is 0.259. The predicted molar refractivity (Wildman–Crippen MR) is 125 cm³/mol. The van der Waals surface area contributed by atoms with Crippen LogP contribution in [0.5, 0.6) is 0 Å². The summed E-state index contributed by atoms with van der Waals surface area (Å²) in [6.45, 7) is 10.9. The molecule has 0 radical (unpaired) electrons. The lowest BCUT2D eigenvalue weighted by molar-refractivity contribution is 0.571. The first-order valence-corrected chi connectivity index (χ1v) is 10.3. The van der Waals surface area contributed by atoms with Gasteiger partial charge in [-0.05, 0) is 53.4 Å². The molecule has 4 aromatic rings. The smallest absolute Gasteiger partial charge is 0.0705 e. The van der Waals surface area contributed by atoms with Gasteiger partial charge in [-0.3, -0.25) is 9.97 Å². The fourth-order valence-electron chi connectivity index (χ4n) is 3.44. The van der Waals surface area contributed by atoms with E-state index in [9.17, 15) is 0 Å². The highest BCUT2D eigenvalue weighted by Crippen LogP contribution is 2.24. The molecule has 4 rings (SSSR count).